The molecule has 3 heteroatoms. The van der Waals surface area contributed by atoms with E-state index in [2.05, 4.69) is 80.6 Å². The second-order valence-electron chi connectivity index (χ2n) is 12.7. The molecule has 0 radical (unpaired) electrons. The fourth-order valence-corrected chi connectivity index (χ4v) is 11.8. The van der Waals surface area contributed by atoms with Gasteiger partial charge in [0.1, 0.15) is 0 Å². The van der Waals surface area contributed by atoms with Crippen LogP contribution in [0.15, 0.2) is 140 Å². The molecule has 2 nitrogen and oxygen atoms in total. The van der Waals surface area contributed by atoms with Crippen LogP contribution >= 0.6 is 7.14 Å². The lowest BCUT2D eigenvalue weighted by Crippen LogP contribution is -2.43. The molecule has 1 spiro atoms. The second-order valence-corrected chi connectivity index (χ2v) is 15.4. The Morgan fingerprint density at radius 2 is 0.955 bits per heavy atom. The maximum absolute atomic E-state index is 16.0. The van der Waals surface area contributed by atoms with Crippen LogP contribution in [0.25, 0.3) is 11.1 Å². The summed E-state index contributed by atoms with van der Waals surface area (Å²) < 4.78 is 16.0. The summed E-state index contributed by atoms with van der Waals surface area (Å²) in [6.07, 6.45) is 0. The van der Waals surface area contributed by atoms with E-state index in [0.717, 1.165) is 71.5 Å². The second kappa shape index (κ2) is 8.65. The van der Waals surface area contributed by atoms with Gasteiger partial charge in [0.05, 0.1) is 5.41 Å². The molecular formula is C41H29O2P. The van der Waals surface area contributed by atoms with Crippen molar-refractivity contribution in [2.75, 3.05) is 0 Å². The minimum atomic E-state index is -3.27. The third kappa shape index (κ3) is 2.92. The van der Waals surface area contributed by atoms with Crippen LogP contribution in [0.2, 0.25) is 0 Å². The van der Waals surface area contributed by atoms with Gasteiger partial charge in [0.2, 0.25) is 0 Å². The molecule has 1 aliphatic heterocycles. The fraction of sp³-hybridized carbons (Fsp3) is 0.0976. The molecule has 0 bridgehead atoms. The molecule has 0 saturated heterocycles. The molecule has 1 atom stereocenters. The highest BCUT2D eigenvalue weighted by atomic mass is 31.2. The lowest BCUT2D eigenvalue weighted by Gasteiger charge is -2.42. The van der Waals surface area contributed by atoms with E-state index in [4.69, 9.17) is 0 Å². The molecule has 0 saturated carbocycles. The van der Waals surface area contributed by atoms with Crippen molar-refractivity contribution in [1.29, 1.82) is 0 Å². The van der Waals surface area contributed by atoms with E-state index in [1.165, 1.54) is 0 Å². The Kier molecular flexibility index (Phi) is 5.05. The van der Waals surface area contributed by atoms with Crippen LogP contribution in [0.1, 0.15) is 63.1 Å². The Balaban J connectivity index is 1.48. The summed E-state index contributed by atoms with van der Waals surface area (Å²) in [6, 6.07) is 47.6. The van der Waals surface area contributed by atoms with E-state index in [1.54, 1.807) is 0 Å². The minimum absolute atomic E-state index is 0.0516. The normalized spacial score (nSPS) is 19.3. The number of hydrogen-bond acceptors (Lipinski definition) is 2. The monoisotopic (exact) mass is 584 g/mol. The van der Waals surface area contributed by atoms with Gasteiger partial charge >= 0.3 is 0 Å². The Labute approximate surface area is 257 Å². The van der Waals surface area contributed by atoms with E-state index in [-0.39, 0.29) is 11.2 Å². The molecule has 6 aromatic rings. The number of fused-ring (bicyclic) bond motifs is 11. The van der Waals surface area contributed by atoms with Gasteiger partial charge in [0, 0.05) is 32.5 Å². The predicted molar refractivity (Wildman–Crippen MR) is 179 cm³/mol. The third-order valence-corrected chi connectivity index (χ3v) is 13.5. The van der Waals surface area contributed by atoms with E-state index in [9.17, 15) is 4.79 Å². The lowest BCUT2D eigenvalue weighted by molar-refractivity contribution is 0.103. The zero-order valence-electron chi connectivity index (χ0n) is 24.5. The van der Waals surface area contributed by atoms with E-state index in [0.29, 0.717) is 0 Å². The van der Waals surface area contributed by atoms with Crippen molar-refractivity contribution in [2.45, 2.75) is 24.7 Å². The van der Waals surface area contributed by atoms with Crippen LogP contribution in [0.3, 0.4) is 0 Å². The standard InChI is InChI=1S/C41H29O2P/c1-40(2)34-22-12-13-23-37(34)44(43,26-14-4-3-5-15-26)38-25-35-30(24-36(38)40)27-16-6-9-19-31(27)41(35)32-20-10-7-17-28(32)39(42)29-18-8-11-21-33(29)41/h3-25H,1-2H3. The summed E-state index contributed by atoms with van der Waals surface area (Å²) in [5.74, 6) is 0.0516. The summed E-state index contributed by atoms with van der Waals surface area (Å²) in [4.78, 5) is 14.0. The quantitative estimate of drug-likeness (QED) is 0.184. The highest BCUT2D eigenvalue weighted by Crippen LogP contribution is 2.61. The van der Waals surface area contributed by atoms with Crippen molar-refractivity contribution >= 4 is 28.8 Å². The van der Waals surface area contributed by atoms with Gasteiger partial charge in [-0.1, -0.05) is 141 Å². The molecule has 1 heterocycles. The molecular weight excluding hydrogens is 555 g/mol. The van der Waals surface area contributed by atoms with Gasteiger partial charge in [-0.2, -0.15) is 0 Å². The Hall–Kier alpha value is -4.78. The molecule has 3 aliphatic rings. The van der Waals surface area contributed by atoms with Gasteiger partial charge in [0.15, 0.2) is 12.9 Å². The number of benzene rings is 6. The van der Waals surface area contributed by atoms with Gasteiger partial charge in [0.25, 0.3) is 0 Å². The SMILES string of the molecule is CC1(C)c2ccccc2P(=O)(c2ccccc2)c2cc3c(cc21)-c1ccccc1C31c2ccccc2C(=O)c2ccccc21. The number of carbonyl (C=O) groups excluding carboxylic acids is 1. The lowest BCUT2D eigenvalue weighted by atomic mass is 9.61. The van der Waals surface area contributed by atoms with Crippen molar-refractivity contribution in [3.8, 4) is 11.1 Å². The first-order chi connectivity index (χ1) is 21.4. The Bertz CT molecular complexity index is 2210. The molecule has 0 N–H and O–H groups in total. The van der Waals surface area contributed by atoms with Crippen LogP contribution in [0, 0.1) is 0 Å². The molecule has 44 heavy (non-hydrogen) atoms. The zero-order chi connectivity index (χ0) is 29.8. The Morgan fingerprint density at radius 1 is 0.455 bits per heavy atom. The number of carbonyl (C=O) groups is 1. The van der Waals surface area contributed by atoms with Gasteiger partial charge in [-0.25, -0.2) is 0 Å². The number of hydrogen-bond donors (Lipinski definition) is 0. The van der Waals surface area contributed by atoms with Crippen molar-refractivity contribution < 1.29 is 9.36 Å². The van der Waals surface area contributed by atoms with Crippen LogP contribution in [0.5, 0.6) is 0 Å². The largest absolute Gasteiger partial charge is 0.309 e. The van der Waals surface area contributed by atoms with E-state index < -0.39 is 12.6 Å². The fourth-order valence-electron chi connectivity index (χ4n) is 8.43. The molecule has 2 aliphatic carbocycles. The molecule has 6 aromatic carbocycles. The summed E-state index contributed by atoms with van der Waals surface area (Å²) in [6.45, 7) is 4.51. The number of ketones is 1. The van der Waals surface area contributed by atoms with Crippen LogP contribution in [0.4, 0.5) is 0 Å². The average Bonchev–Trinajstić information content (AvgIpc) is 3.36. The smallest absolute Gasteiger partial charge is 0.193 e. The summed E-state index contributed by atoms with van der Waals surface area (Å²) in [5, 5.41) is 2.64. The number of rotatable bonds is 1. The van der Waals surface area contributed by atoms with Crippen LogP contribution in [-0.4, -0.2) is 5.78 Å². The average molecular weight is 585 g/mol. The van der Waals surface area contributed by atoms with Gasteiger partial charge in [-0.3, -0.25) is 4.79 Å². The van der Waals surface area contributed by atoms with Crippen LogP contribution < -0.4 is 15.9 Å². The third-order valence-electron chi connectivity index (χ3n) is 10.4. The first kappa shape index (κ1) is 25.7. The minimum Gasteiger partial charge on any atom is -0.309 e. The van der Waals surface area contributed by atoms with Crippen molar-refractivity contribution in [3.05, 3.63) is 184 Å². The van der Waals surface area contributed by atoms with Crippen LogP contribution in [-0.2, 0) is 15.4 Å². The molecule has 0 aromatic heterocycles. The maximum Gasteiger partial charge on any atom is 0.193 e. The van der Waals surface area contributed by atoms with E-state index >= 15 is 4.57 Å². The summed E-state index contributed by atoms with van der Waals surface area (Å²) >= 11 is 0. The topological polar surface area (TPSA) is 34.1 Å². The van der Waals surface area contributed by atoms with Crippen molar-refractivity contribution in [1.82, 2.24) is 0 Å². The molecule has 9 rings (SSSR count). The zero-order valence-corrected chi connectivity index (χ0v) is 25.4. The molecule has 0 amide bonds. The molecule has 0 fully saturated rings. The van der Waals surface area contributed by atoms with Crippen molar-refractivity contribution in [2.24, 2.45) is 0 Å². The first-order valence-electron chi connectivity index (χ1n) is 15.2. The van der Waals surface area contributed by atoms with E-state index in [1.807, 2.05) is 72.8 Å². The van der Waals surface area contributed by atoms with Crippen molar-refractivity contribution in [3.63, 3.8) is 0 Å². The summed E-state index contributed by atoms with van der Waals surface area (Å²) in [7, 11) is -3.27. The molecule has 1 unspecified atom stereocenters. The predicted octanol–water partition coefficient (Wildman–Crippen LogP) is 7.87. The Morgan fingerprint density at radius 3 is 1.59 bits per heavy atom. The highest BCUT2D eigenvalue weighted by Gasteiger charge is 2.54. The molecule has 210 valence electrons. The highest BCUT2D eigenvalue weighted by molar-refractivity contribution is 7.85. The van der Waals surface area contributed by atoms with Gasteiger partial charge < -0.3 is 4.57 Å². The van der Waals surface area contributed by atoms with Gasteiger partial charge in [-0.05, 0) is 56.6 Å². The first-order valence-corrected chi connectivity index (χ1v) is 16.9. The summed E-state index contributed by atoms with van der Waals surface area (Å²) in [5.41, 5.74) is 9.11. The van der Waals surface area contributed by atoms with Gasteiger partial charge in [-0.15, -0.1) is 0 Å². The maximum atomic E-state index is 16.0.